The molecule has 3 heteroatoms. The van der Waals surface area contributed by atoms with Gasteiger partial charge >= 0.3 is 5.97 Å². The van der Waals surface area contributed by atoms with Crippen molar-refractivity contribution in [1.29, 1.82) is 0 Å². The monoisotopic (exact) mass is 208 g/mol. The molecule has 0 bridgehead atoms. The molecule has 0 aromatic heterocycles. The number of esters is 1. The largest absolute Gasteiger partial charge is 0.467 e. The number of ether oxygens (including phenoxy) is 2. The van der Waals surface area contributed by atoms with Gasteiger partial charge in [0.25, 0.3) is 0 Å². The minimum Gasteiger partial charge on any atom is -0.467 e. The van der Waals surface area contributed by atoms with E-state index in [-0.39, 0.29) is 0 Å². The number of aryl methyl sites for hydroxylation is 1. The van der Waals surface area contributed by atoms with Gasteiger partial charge in [0.05, 0.1) is 7.11 Å². The van der Waals surface area contributed by atoms with Crippen LogP contribution in [0.2, 0.25) is 0 Å². The van der Waals surface area contributed by atoms with Crippen molar-refractivity contribution < 1.29 is 14.3 Å². The molecule has 0 N–H and O–H groups in total. The summed E-state index contributed by atoms with van der Waals surface area (Å²) in [6.45, 7) is 3.67. The van der Waals surface area contributed by atoms with Gasteiger partial charge < -0.3 is 9.47 Å². The lowest BCUT2D eigenvalue weighted by atomic mass is 9.94. The fourth-order valence-corrected chi connectivity index (χ4v) is 1.46. The molecule has 1 unspecified atom stereocenters. The van der Waals surface area contributed by atoms with Gasteiger partial charge in [0, 0.05) is 7.11 Å². The van der Waals surface area contributed by atoms with E-state index in [9.17, 15) is 4.79 Å². The Balaban J connectivity index is 3.16. The van der Waals surface area contributed by atoms with Crippen molar-refractivity contribution in [3.63, 3.8) is 0 Å². The lowest BCUT2D eigenvalue weighted by molar-refractivity contribution is -0.165. The molecule has 1 aromatic rings. The summed E-state index contributed by atoms with van der Waals surface area (Å²) in [5.41, 5.74) is 0.859. The normalized spacial score (nSPS) is 14.4. The van der Waals surface area contributed by atoms with Crippen LogP contribution in [0.1, 0.15) is 18.1 Å². The van der Waals surface area contributed by atoms with Crippen LogP contribution in [0.3, 0.4) is 0 Å². The van der Waals surface area contributed by atoms with Crippen molar-refractivity contribution in [2.45, 2.75) is 19.4 Å². The van der Waals surface area contributed by atoms with Crippen molar-refractivity contribution in [1.82, 2.24) is 0 Å². The van der Waals surface area contributed by atoms with Crippen LogP contribution in [0, 0.1) is 6.92 Å². The first-order valence-electron chi connectivity index (χ1n) is 4.75. The Kier molecular flexibility index (Phi) is 3.48. The number of methoxy groups -OCH3 is 2. The van der Waals surface area contributed by atoms with Gasteiger partial charge in [-0.15, -0.1) is 0 Å². The smallest absolute Gasteiger partial charge is 0.342 e. The molecule has 0 aliphatic carbocycles. The number of carbonyl (C=O) groups excluding carboxylic acids is 1. The van der Waals surface area contributed by atoms with E-state index < -0.39 is 11.6 Å². The third kappa shape index (κ3) is 2.18. The minimum absolute atomic E-state index is 0.393. The lowest BCUT2D eigenvalue weighted by Crippen LogP contribution is -2.35. The van der Waals surface area contributed by atoms with Crippen LogP contribution in [0.4, 0.5) is 0 Å². The second-order valence-electron chi connectivity index (χ2n) is 3.60. The Bertz CT molecular complexity index is 360. The van der Waals surface area contributed by atoms with E-state index in [0.29, 0.717) is 0 Å². The second-order valence-corrected chi connectivity index (χ2v) is 3.60. The van der Waals surface area contributed by atoms with Crippen molar-refractivity contribution in [3.8, 4) is 0 Å². The van der Waals surface area contributed by atoms with E-state index in [1.165, 1.54) is 14.2 Å². The number of rotatable bonds is 3. The van der Waals surface area contributed by atoms with Gasteiger partial charge in [0.15, 0.2) is 5.60 Å². The molecule has 0 heterocycles. The first-order chi connectivity index (χ1) is 7.04. The van der Waals surface area contributed by atoms with Crippen LogP contribution in [-0.2, 0) is 19.9 Å². The summed E-state index contributed by atoms with van der Waals surface area (Å²) in [6, 6.07) is 7.63. The molecule has 3 nitrogen and oxygen atoms in total. The topological polar surface area (TPSA) is 35.5 Å². The SMILES string of the molecule is COC(=O)C(C)(OC)c1cccc(C)c1. The molecule has 1 rings (SSSR count). The van der Waals surface area contributed by atoms with Crippen LogP contribution in [0.15, 0.2) is 24.3 Å². The highest BCUT2D eigenvalue weighted by Crippen LogP contribution is 2.26. The van der Waals surface area contributed by atoms with Gasteiger partial charge in [0.2, 0.25) is 0 Å². The van der Waals surface area contributed by atoms with E-state index in [2.05, 4.69) is 0 Å². The molecule has 82 valence electrons. The average Bonchev–Trinajstić information content (AvgIpc) is 2.26. The van der Waals surface area contributed by atoms with Gasteiger partial charge in [-0.1, -0.05) is 29.8 Å². The summed E-state index contributed by atoms with van der Waals surface area (Å²) in [7, 11) is 2.86. The van der Waals surface area contributed by atoms with Crippen molar-refractivity contribution >= 4 is 5.97 Å². The summed E-state index contributed by atoms with van der Waals surface area (Å²) in [5.74, 6) is -0.393. The molecular formula is C12H16O3. The van der Waals surface area contributed by atoms with E-state index in [4.69, 9.17) is 9.47 Å². The van der Waals surface area contributed by atoms with Crippen molar-refractivity contribution in [3.05, 3.63) is 35.4 Å². The summed E-state index contributed by atoms with van der Waals surface area (Å²) in [4.78, 5) is 11.6. The molecule has 15 heavy (non-hydrogen) atoms. The molecule has 0 radical (unpaired) electrons. The molecule has 0 aliphatic heterocycles. The molecule has 0 saturated carbocycles. The Labute approximate surface area is 90.0 Å². The maximum atomic E-state index is 11.6. The number of hydrogen-bond acceptors (Lipinski definition) is 3. The molecular weight excluding hydrogens is 192 g/mol. The summed E-state index contributed by atoms with van der Waals surface area (Å²) < 4.78 is 9.99. The third-order valence-electron chi connectivity index (χ3n) is 2.55. The highest BCUT2D eigenvalue weighted by Gasteiger charge is 2.36. The van der Waals surface area contributed by atoms with Crippen LogP contribution in [0.5, 0.6) is 0 Å². The highest BCUT2D eigenvalue weighted by atomic mass is 16.6. The molecule has 0 spiro atoms. The zero-order valence-corrected chi connectivity index (χ0v) is 9.53. The first kappa shape index (κ1) is 11.7. The summed E-state index contributed by atoms with van der Waals surface area (Å²) in [6.07, 6.45) is 0. The second kappa shape index (κ2) is 4.45. The fourth-order valence-electron chi connectivity index (χ4n) is 1.46. The highest BCUT2D eigenvalue weighted by molar-refractivity contribution is 5.80. The maximum absolute atomic E-state index is 11.6. The Morgan fingerprint density at radius 3 is 2.47 bits per heavy atom. The predicted molar refractivity (Wildman–Crippen MR) is 57.6 cm³/mol. The first-order valence-corrected chi connectivity index (χ1v) is 4.75. The quantitative estimate of drug-likeness (QED) is 0.713. The van der Waals surface area contributed by atoms with E-state index in [1.54, 1.807) is 6.92 Å². The maximum Gasteiger partial charge on any atom is 0.342 e. The van der Waals surface area contributed by atoms with E-state index >= 15 is 0 Å². The average molecular weight is 208 g/mol. The Morgan fingerprint density at radius 2 is 2.00 bits per heavy atom. The molecule has 0 amide bonds. The summed E-state index contributed by atoms with van der Waals surface area (Å²) in [5, 5.41) is 0. The number of hydrogen-bond donors (Lipinski definition) is 0. The Morgan fingerprint density at radius 1 is 1.33 bits per heavy atom. The number of carbonyl (C=O) groups is 1. The fraction of sp³-hybridized carbons (Fsp3) is 0.417. The third-order valence-corrected chi connectivity index (χ3v) is 2.55. The zero-order valence-electron chi connectivity index (χ0n) is 9.53. The van der Waals surface area contributed by atoms with Gasteiger partial charge in [-0.05, 0) is 19.4 Å². The van der Waals surface area contributed by atoms with E-state index in [1.807, 2.05) is 31.2 Å². The summed E-state index contributed by atoms with van der Waals surface area (Å²) >= 11 is 0. The predicted octanol–water partition coefficient (Wildman–Crippen LogP) is 2.03. The molecule has 1 aromatic carbocycles. The lowest BCUT2D eigenvalue weighted by Gasteiger charge is -2.25. The molecule has 0 saturated heterocycles. The van der Waals surface area contributed by atoms with Gasteiger partial charge in [-0.3, -0.25) is 0 Å². The molecule has 0 fully saturated rings. The minimum atomic E-state index is -1.03. The van der Waals surface area contributed by atoms with Crippen LogP contribution >= 0.6 is 0 Å². The van der Waals surface area contributed by atoms with Crippen LogP contribution in [-0.4, -0.2) is 20.2 Å². The standard InChI is InChI=1S/C12H16O3/c1-9-6-5-7-10(8-9)12(2,15-4)11(13)14-3/h5-8H,1-4H3. The van der Waals surface area contributed by atoms with Crippen LogP contribution < -0.4 is 0 Å². The van der Waals surface area contributed by atoms with Gasteiger partial charge in [-0.25, -0.2) is 4.79 Å². The van der Waals surface area contributed by atoms with Gasteiger partial charge in [0.1, 0.15) is 0 Å². The zero-order chi connectivity index (χ0) is 11.5. The van der Waals surface area contributed by atoms with Crippen molar-refractivity contribution in [2.75, 3.05) is 14.2 Å². The molecule has 1 atom stereocenters. The molecule has 0 aliphatic rings. The van der Waals surface area contributed by atoms with Gasteiger partial charge in [-0.2, -0.15) is 0 Å². The van der Waals surface area contributed by atoms with E-state index in [0.717, 1.165) is 11.1 Å². The number of benzene rings is 1. The Hall–Kier alpha value is -1.35. The van der Waals surface area contributed by atoms with Crippen molar-refractivity contribution in [2.24, 2.45) is 0 Å². The van der Waals surface area contributed by atoms with Crippen LogP contribution in [0.25, 0.3) is 0 Å².